The van der Waals surface area contributed by atoms with Crippen molar-refractivity contribution >= 4 is 23.5 Å². The first-order valence-corrected chi connectivity index (χ1v) is 4.28. The molecule has 1 heterocycles. The van der Waals surface area contributed by atoms with Crippen LogP contribution in [0.4, 0.5) is 4.79 Å². The van der Waals surface area contributed by atoms with Crippen molar-refractivity contribution in [1.29, 1.82) is 0 Å². The second kappa shape index (κ2) is 3.51. The predicted molar refractivity (Wildman–Crippen MR) is 46.3 cm³/mol. The summed E-state index contributed by atoms with van der Waals surface area (Å²) in [5.74, 6) is -0.545. The highest BCUT2D eigenvalue weighted by molar-refractivity contribution is 6.36. The van der Waals surface area contributed by atoms with Gasteiger partial charge in [-0.25, -0.2) is 4.79 Å². The lowest BCUT2D eigenvalue weighted by molar-refractivity contribution is -0.129. The standard InChI is InChI=1S/C7H11ClN2O3/c1-3-13-5-7(2,8)4(11)9-6(12)10-5/h5H,3H2,1-2H3,(H2,9,10,11,12). The Morgan fingerprint density at radius 1 is 1.62 bits per heavy atom. The van der Waals surface area contributed by atoms with E-state index in [1.807, 2.05) is 0 Å². The molecule has 2 unspecified atom stereocenters. The van der Waals surface area contributed by atoms with Gasteiger partial charge in [-0.3, -0.25) is 10.1 Å². The van der Waals surface area contributed by atoms with Crippen molar-refractivity contribution in [3.8, 4) is 0 Å². The molecule has 0 aromatic carbocycles. The minimum absolute atomic E-state index is 0.376. The summed E-state index contributed by atoms with van der Waals surface area (Å²) in [7, 11) is 0. The van der Waals surface area contributed by atoms with Gasteiger partial charge >= 0.3 is 6.03 Å². The van der Waals surface area contributed by atoms with Gasteiger partial charge in [-0.05, 0) is 13.8 Å². The molecular formula is C7H11ClN2O3. The van der Waals surface area contributed by atoms with E-state index in [2.05, 4.69) is 10.6 Å². The molecule has 3 amide bonds. The summed E-state index contributed by atoms with van der Waals surface area (Å²) >= 11 is 5.88. The number of carbonyl (C=O) groups is 2. The maximum Gasteiger partial charge on any atom is 0.323 e. The molecule has 0 aliphatic carbocycles. The maximum atomic E-state index is 11.2. The fourth-order valence-electron chi connectivity index (χ4n) is 1.000. The van der Waals surface area contributed by atoms with E-state index >= 15 is 0 Å². The summed E-state index contributed by atoms with van der Waals surface area (Å²) < 4.78 is 5.11. The van der Waals surface area contributed by atoms with Crippen molar-refractivity contribution in [2.75, 3.05) is 6.61 Å². The third kappa shape index (κ3) is 1.92. The Morgan fingerprint density at radius 3 is 2.77 bits per heavy atom. The van der Waals surface area contributed by atoms with Gasteiger partial charge in [0.1, 0.15) is 0 Å². The van der Waals surface area contributed by atoms with Crippen LogP contribution in [0.15, 0.2) is 0 Å². The number of nitrogens with one attached hydrogen (secondary N) is 2. The largest absolute Gasteiger partial charge is 0.356 e. The predicted octanol–water partition coefficient (Wildman–Crippen LogP) is 0.186. The number of alkyl halides is 1. The highest BCUT2D eigenvalue weighted by Gasteiger charge is 2.45. The second-order valence-corrected chi connectivity index (χ2v) is 3.62. The van der Waals surface area contributed by atoms with E-state index < -0.39 is 23.0 Å². The maximum absolute atomic E-state index is 11.2. The first-order valence-electron chi connectivity index (χ1n) is 3.91. The monoisotopic (exact) mass is 206 g/mol. The Kier molecular flexibility index (Phi) is 2.77. The van der Waals surface area contributed by atoms with E-state index in [1.54, 1.807) is 6.92 Å². The molecule has 1 aliphatic heterocycles. The molecule has 1 fully saturated rings. The van der Waals surface area contributed by atoms with Gasteiger partial charge in [-0.2, -0.15) is 0 Å². The van der Waals surface area contributed by atoms with Crippen LogP contribution < -0.4 is 10.6 Å². The minimum atomic E-state index is -1.25. The van der Waals surface area contributed by atoms with Crippen LogP contribution in [0.5, 0.6) is 0 Å². The molecule has 0 bridgehead atoms. The highest BCUT2D eigenvalue weighted by Crippen LogP contribution is 2.23. The number of imide groups is 1. The van der Waals surface area contributed by atoms with Gasteiger partial charge in [0.25, 0.3) is 5.91 Å². The molecule has 2 N–H and O–H groups in total. The fourth-order valence-corrected chi connectivity index (χ4v) is 1.16. The first kappa shape index (κ1) is 10.3. The van der Waals surface area contributed by atoms with Gasteiger partial charge in [0.2, 0.25) is 0 Å². The average Bonchev–Trinajstić information content (AvgIpc) is 2.01. The minimum Gasteiger partial charge on any atom is -0.356 e. The molecule has 74 valence electrons. The molecule has 0 radical (unpaired) electrons. The van der Waals surface area contributed by atoms with Crippen molar-refractivity contribution in [2.45, 2.75) is 24.9 Å². The van der Waals surface area contributed by atoms with Gasteiger partial charge < -0.3 is 10.1 Å². The normalized spacial score (nSPS) is 33.9. The quantitative estimate of drug-likeness (QED) is 0.634. The van der Waals surface area contributed by atoms with E-state index in [-0.39, 0.29) is 0 Å². The Bertz CT molecular complexity index is 242. The number of hydrogen-bond acceptors (Lipinski definition) is 3. The molecule has 1 aliphatic rings. The van der Waals surface area contributed by atoms with E-state index in [9.17, 15) is 9.59 Å². The number of amides is 3. The van der Waals surface area contributed by atoms with Crippen LogP contribution in [0, 0.1) is 0 Å². The third-order valence-corrected chi connectivity index (χ3v) is 2.13. The zero-order chi connectivity index (χ0) is 10.1. The topological polar surface area (TPSA) is 67.4 Å². The van der Waals surface area contributed by atoms with E-state index in [0.29, 0.717) is 6.61 Å². The van der Waals surface area contributed by atoms with Gasteiger partial charge in [0.15, 0.2) is 11.1 Å². The van der Waals surface area contributed by atoms with Crippen LogP contribution in [0.1, 0.15) is 13.8 Å². The number of carbonyl (C=O) groups excluding carboxylic acids is 2. The lowest BCUT2D eigenvalue weighted by Gasteiger charge is -2.34. The summed E-state index contributed by atoms with van der Waals surface area (Å²) in [5.41, 5.74) is 0. The van der Waals surface area contributed by atoms with Crippen LogP contribution in [0.3, 0.4) is 0 Å². The third-order valence-electron chi connectivity index (χ3n) is 1.76. The van der Waals surface area contributed by atoms with Crippen LogP contribution in [0.25, 0.3) is 0 Å². The summed E-state index contributed by atoms with van der Waals surface area (Å²) in [6.45, 7) is 3.62. The first-order chi connectivity index (χ1) is 5.98. The lowest BCUT2D eigenvalue weighted by atomic mass is 10.1. The molecule has 6 heteroatoms. The van der Waals surface area contributed by atoms with Gasteiger partial charge in [0, 0.05) is 6.61 Å². The molecule has 0 aromatic rings. The lowest BCUT2D eigenvalue weighted by Crippen LogP contribution is -2.65. The number of halogens is 1. The Labute approximate surface area is 80.8 Å². The van der Waals surface area contributed by atoms with Crippen LogP contribution in [-0.2, 0) is 9.53 Å². The molecule has 0 spiro atoms. The number of urea groups is 1. The zero-order valence-electron chi connectivity index (χ0n) is 7.39. The molecule has 5 nitrogen and oxygen atoms in total. The Hall–Kier alpha value is -0.810. The zero-order valence-corrected chi connectivity index (χ0v) is 8.14. The van der Waals surface area contributed by atoms with Crippen molar-refractivity contribution in [3.63, 3.8) is 0 Å². The summed E-state index contributed by atoms with van der Waals surface area (Å²) in [4.78, 5) is 20.8. The fraction of sp³-hybridized carbons (Fsp3) is 0.714. The Morgan fingerprint density at radius 2 is 2.23 bits per heavy atom. The van der Waals surface area contributed by atoms with E-state index in [0.717, 1.165) is 0 Å². The van der Waals surface area contributed by atoms with Crippen molar-refractivity contribution in [2.24, 2.45) is 0 Å². The average molecular weight is 207 g/mol. The number of hydrogen-bond donors (Lipinski definition) is 2. The molecular weight excluding hydrogens is 196 g/mol. The van der Waals surface area contributed by atoms with Crippen LogP contribution >= 0.6 is 11.6 Å². The van der Waals surface area contributed by atoms with E-state index in [1.165, 1.54) is 6.92 Å². The Balaban J connectivity index is 2.78. The molecule has 0 aromatic heterocycles. The van der Waals surface area contributed by atoms with Crippen molar-refractivity contribution < 1.29 is 14.3 Å². The number of rotatable bonds is 2. The van der Waals surface area contributed by atoms with Crippen molar-refractivity contribution in [1.82, 2.24) is 10.6 Å². The van der Waals surface area contributed by atoms with E-state index in [4.69, 9.17) is 16.3 Å². The van der Waals surface area contributed by atoms with Crippen LogP contribution in [-0.4, -0.2) is 29.6 Å². The number of ether oxygens (including phenoxy) is 1. The SMILES string of the molecule is CCOC1NC(=O)NC(=O)C1(C)Cl. The highest BCUT2D eigenvalue weighted by atomic mass is 35.5. The molecule has 13 heavy (non-hydrogen) atoms. The second-order valence-electron chi connectivity index (χ2n) is 2.84. The van der Waals surface area contributed by atoms with Crippen LogP contribution in [0.2, 0.25) is 0 Å². The summed E-state index contributed by atoms with van der Waals surface area (Å²) in [6.07, 6.45) is -0.777. The van der Waals surface area contributed by atoms with Gasteiger partial charge in [-0.15, -0.1) is 11.6 Å². The smallest absolute Gasteiger partial charge is 0.323 e. The summed E-state index contributed by atoms with van der Waals surface area (Å²) in [6, 6.07) is -0.582. The summed E-state index contributed by atoms with van der Waals surface area (Å²) in [5, 5.41) is 4.47. The van der Waals surface area contributed by atoms with Crippen molar-refractivity contribution in [3.05, 3.63) is 0 Å². The molecule has 1 rings (SSSR count). The molecule has 2 atom stereocenters. The molecule has 1 saturated heterocycles. The van der Waals surface area contributed by atoms with Gasteiger partial charge in [0.05, 0.1) is 0 Å². The molecule has 0 saturated carbocycles. The van der Waals surface area contributed by atoms with Gasteiger partial charge in [-0.1, -0.05) is 0 Å².